The van der Waals surface area contributed by atoms with E-state index in [9.17, 15) is 12.8 Å². The highest BCUT2D eigenvalue weighted by Gasteiger charge is 2.41. The van der Waals surface area contributed by atoms with Gasteiger partial charge in [0.2, 0.25) is 0 Å². The van der Waals surface area contributed by atoms with Crippen molar-refractivity contribution in [2.75, 3.05) is 6.26 Å². The molecule has 0 unspecified atom stereocenters. The number of sulfone groups is 1. The Kier molecular flexibility index (Phi) is 4.48. The van der Waals surface area contributed by atoms with Crippen LogP contribution in [0.4, 0.5) is 4.39 Å². The average Bonchev–Trinajstić information content (AvgIpc) is 3.52. The Morgan fingerprint density at radius 2 is 1.79 bits per heavy atom. The summed E-state index contributed by atoms with van der Waals surface area (Å²) >= 11 is 0. The monoisotopic (exact) mass is 460 g/mol. The molecule has 6 rings (SSSR count). The molecule has 6 nitrogen and oxygen atoms in total. The van der Waals surface area contributed by atoms with E-state index in [2.05, 4.69) is 14.5 Å². The molecular formula is C25H21FN4O2S. The minimum absolute atomic E-state index is 0.275. The van der Waals surface area contributed by atoms with E-state index in [1.807, 2.05) is 12.1 Å². The van der Waals surface area contributed by atoms with Gasteiger partial charge in [-0.25, -0.2) is 17.8 Å². The summed E-state index contributed by atoms with van der Waals surface area (Å²) in [5, 5.41) is 0. The molecule has 3 aromatic heterocycles. The molecular weight excluding hydrogens is 439 g/mol. The van der Waals surface area contributed by atoms with Crippen molar-refractivity contribution in [1.82, 2.24) is 19.5 Å². The third-order valence-electron chi connectivity index (χ3n) is 6.66. The lowest BCUT2D eigenvalue weighted by Gasteiger charge is -2.17. The van der Waals surface area contributed by atoms with Crippen molar-refractivity contribution >= 4 is 9.84 Å². The predicted octanol–water partition coefficient (Wildman–Crippen LogP) is 5.04. The average molecular weight is 461 g/mol. The molecule has 1 aromatic carbocycles. The van der Waals surface area contributed by atoms with Crippen LogP contribution in [0.3, 0.4) is 0 Å². The summed E-state index contributed by atoms with van der Waals surface area (Å²) in [5.74, 6) is 1.15. The summed E-state index contributed by atoms with van der Waals surface area (Å²) in [5.41, 5.74) is 4.90. The summed E-state index contributed by atoms with van der Waals surface area (Å²) in [4.78, 5) is 14.1. The maximum absolute atomic E-state index is 13.5. The molecule has 1 saturated carbocycles. The Morgan fingerprint density at radius 1 is 0.970 bits per heavy atom. The molecule has 4 aromatic rings. The van der Waals surface area contributed by atoms with E-state index in [-0.39, 0.29) is 10.7 Å². The number of hydrogen-bond acceptors (Lipinski definition) is 5. The highest BCUT2D eigenvalue weighted by Crippen LogP contribution is 2.52. The Hall–Kier alpha value is -3.39. The van der Waals surface area contributed by atoms with E-state index < -0.39 is 9.84 Å². The van der Waals surface area contributed by atoms with Crippen LogP contribution >= 0.6 is 0 Å². The third kappa shape index (κ3) is 3.36. The minimum Gasteiger partial charge on any atom is -0.324 e. The molecule has 2 bridgehead atoms. The van der Waals surface area contributed by atoms with Crippen molar-refractivity contribution in [2.24, 2.45) is 0 Å². The van der Waals surface area contributed by atoms with Gasteiger partial charge in [0, 0.05) is 35.5 Å². The van der Waals surface area contributed by atoms with Gasteiger partial charge < -0.3 is 4.57 Å². The molecule has 33 heavy (non-hydrogen) atoms. The Bertz CT molecular complexity index is 1480. The molecule has 0 saturated heterocycles. The van der Waals surface area contributed by atoms with Crippen molar-refractivity contribution in [2.45, 2.75) is 36.1 Å². The third-order valence-corrected chi connectivity index (χ3v) is 7.78. The second-order valence-electron chi connectivity index (χ2n) is 8.79. The van der Waals surface area contributed by atoms with Gasteiger partial charge in [0.1, 0.15) is 17.3 Å². The molecule has 2 atom stereocenters. The summed E-state index contributed by atoms with van der Waals surface area (Å²) in [6, 6.07) is 14.2. The van der Waals surface area contributed by atoms with Gasteiger partial charge in [-0.2, -0.15) is 0 Å². The zero-order valence-electron chi connectivity index (χ0n) is 17.9. The first-order chi connectivity index (χ1) is 15.9. The summed E-state index contributed by atoms with van der Waals surface area (Å²) in [7, 11) is -3.26. The Morgan fingerprint density at radius 3 is 2.52 bits per heavy atom. The van der Waals surface area contributed by atoms with Gasteiger partial charge in [0.05, 0.1) is 28.2 Å². The summed E-state index contributed by atoms with van der Waals surface area (Å²) < 4.78 is 39.5. The number of fused-ring (bicyclic) bond motifs is 5. The van der Waals surface area contributed by atoms with E-state index in [1.165, 1.54) is 18.5 Å². The fourth-order valence-electron chi connectivity index (χ4n) is 5.11. The maximum atomic E-state index is 13.5. The molecule has 1 aliphatic heterocycles. The molecule has 1 fully saturated rings. The van der Waals surface area contributed by atoms with E-state index in [0.29, 0.717) is 17.7 Å². The fourth-order valence-corrected chi connectivity index (χ4v) is 5.74. The number of rotatable bonds is 4. The zero-order chi connectivity index (χ0) is 22.7. The number of nitrogens with zero attached hydrogens (tertiary/aromatic N) is 4. The van der Waals surface area contributed by atoms with Crippen LogP contribution in [0.15, 0.2) is 65.8 Å². The van der Waals surface area contributed by atoms with Crippen LogP contribution in [-0.2, 0) is 9.84 Å². The molecule has 1 aliphatic carbocycles. The molecule has 8 heteroatoms. The van der Waals surface area contributed by atoms with Gasteiger partial charge in [-0.05, 0) is 55.7 Å². The number of halogens is 1. The van der Waals surface area contributed by atoms with Crippen LogP contribution < -0.4 is 0 Å². The zero-order valence-corrected chi connectivity index (χ0v) is 18.8. The minimum atomic E-state index is -3.26. The number of benzene rings is 1. The van der Waals surface area contributed by atoms with Crippen LogP contribution in [-0.4, -0.2) is 34.2 Å². The van der Waals surface area contributed by atoms with Gasteiger partial charge in [-0.3, -0.25) is 9.97 Å². The SMILES string of the molecule is CS(=O)(=O)c1ccc(-c2cc(-c3c(-c4ccc(F)cn4)nc4n3[C@H]3CC[C@@H]4C3)ccn2)cc1. The second kappa shape index (κ2) is 7.31. The van der Waals surface area contributed by atoms with Gasteiger partial charge >= 0.3 is 0 Å². The lowest BCUT2D eigenvalue weighted by atomic mass is 10.0. The first-order valence-electron chi connectivity index (χ1n) is 10.9. The van der Waals surface area contributed by atoms with E-state index >= 15 is 0 Å². The summed E-state index contributed by atoms with van der Waals surface area (Å²) in [6.45, 7) is 0. The molecule has 0 amide bonds. The normalized spacial score (nSPS) is 19.1. The maximum Gasteiger partial charge on any atom is 0.175 e. The van der Waals surface area contributed by atoms with Gasteiger partial charge in [-0.1, -0.05) is 12.1 Å². The first kappa shape index (κ1) is 20.2. The summed E-state index contributed by atoms with van der Waals surface area (Å²) in [6.07, 6.45) is 7.55. The lowest BCUT2D eigenvalue weighted by Crippen LogP contribution is -2.08. The fraction of sp³-hybridized carbons (Fsp3) is 0.240. The van der Waals surface area contributed by atoms with E-state index in [1.54, 1.807) is 36.5 Å². The van der Waals surface area contributed by atoms with Gasteiger partial charge in [0.15, 0.2) is 9.84 Å². The lowest BCUT2D eigenvalue weighted by molar-refractivity contribution is 0.530. The number of hydrogen-bond donors (Lipinski definition) is 0. The Balaban J connectivity index is 1.49. The molecule has 0 spiro atoms. The molecule has 4 heterocycles. The van der Waals surface area contributed by atoms with Crippen molar-refractivity contribution < 1.29 is 12.8 Å². The second-order valence-corrected chi connectivity index (χ2v) is 10.8. The van der Waals surface area contributed by atoms with E-state index in [0.717, 1.165) is 53.3 Å². The van der Waals surface area contributed by atoms with Crippen LogP contribution in [0.1, 0.15) is 37.0 Å². The number of imidazole rings is 1. The topological polar surface area (TPSA) is 77.7 Å². The quantitative estimate of drug-likeness (QED) is 0.426. The number of aromatic nitrogens is 4. The number of pyridine rings is 2. The molecule has 0 radical (unpaired) electrons. The van der Waals surface area contributed by atoms with Gasteiger partial charge in [-0.15, -0.1) is 0 Å². The standard InChI is InChI=1S/C25H21FN4O2S/c1-33(31,32)20-7-3-15(4-8-20)22-13-16(10-11-27-22)24-23(21-9-5-18(26)14-28-21)29-25-17-2-6-19(12-17)30(24)25/h3-5,7-11,13-14,17,19H,2,6,12H2,1H3/t17-,19+/m1/s1. The molecule has 2 aliphatic rings. The highest BCUT2D eigenvalue weighted by atomic mass is 32.2. The van der Waals surface area contributed by atoms with E-state index in [4.69, 9.17) is 4.98 Å². The van der Waals surface area contributed by atoms with Crippen LogP contribution in [0.25, 0.3) is 33.9 Å². The molecule has 0 N–H and O–H groups in total. The Labute approximate surface area is 191 Å². The molecule has 166 valence electrons. The van der Waals surface area contributed by atoms with Crippen molar-refractivity contribution in [3.8, 4) is 33.9 Å². The largest absolute Gasteiger partial charge is 0.324 e. The highest BCUT2D eigenvalue weighted by molar-refractivity contribution is 7.90. The van der Waals surface area contributed by atoms with Crippen molar-refractivity contribution in [3.05, 3.63) is 72.6 Å². The van der Waals surface area contributed by atoms with Crippen LogP contribution in [0.2, 0.25) is 0 Å². The van der Waals surface area contributed by atoms with Crippen molar-refractivity contribution in [1.29, 1.82) is 0 Å². The van der Waals surface area contributed by atoms with Crippen LogP contribution in [0, 0.1) is 5.82 Å². The van der Waals surface area contributed by atoms with Gasteiger partial charge in [0.25, 0.3) is 0 Å². The van der Waals surface area contributed by atoms with Crippen LogP contribution in [0.5, 0.6) is 0 Å². The van der Waals surface area contributed by atoms with Crippen molar-refractivity contribution in [3.63, 3.8) is 0 Å². The first-order valence-corrected chi connectivity index (χ1v) is 12.8. The smallest absolute Gasteiger partial charge is 0.175 e. The predicted molar refractivity (Wildman–Crippen MR) is 123 cm³/mol.